The Kier molecular flexibility index (Phi) is 6.41. The summed E-state index contributed by atoms with van der Waals surface area (Å²) in [6.45, 7) is 1.80. The molecule has 7 nitrogen and oxygen atoms in total. The number of nitriles is 1. The fourth-order valence-corrected chi connectivity index (χ4v) is 5.09. The van der Waals surface area contributed by atoms with Crippen LogP contribution in [0.1, 0.15) is 34.3 Å². The molecule has 1 atom stereocenters. The van der Waals surface area contributed by atoms with E-state index in [0.29, 0.717) is 56.2 Å². The van der Waals surface area contributed by atoms with Crippen molar-refractivity contribution in [3.8, 4) is 11.9 Å². The average molecular weight is 474 g/mol. The number of hydrogen-bond donors (Lipinski definition) is 1. The van der Waals surface area contributed by atoms with E-state index in [1.165, 1.54) is 25.4 Å². The monoisotopic (exact) mass is 474 g/mol. The van der Waals surface area contributed by atoms with Gasteiger partial charge in [-0.1, -0.05) is 0 Å². The molecule has 2 aliphatic rings. The number of aliphatic hydroxyl groups is 1. The number of methoxy groups -OCH3 is 1. The van der Waals surface area contributed by atoms with Crippen molar-refractivity contribution in [1.29, 1.82) is 5.26 Å². The van der Waals surface area contributed by atoms with Crippen LogP contribution in [0.15, 0.2) is 36.5 Å². The number of halogens is 3. The molecule has 1 N–H and O–H groups in total. The maximum absolute atomic E-state index is 13.4. The number of amides is 1. The molecule has 2 fully saturated rings. The summed E-state index contributed by atoms with van der Waals surface area (Å²) in [5.74, 6) is 0.123. The van der Waals surface area contributed by atoms with Crippen LogP contribution in [0.25, 0.3) is 0 Å². The topological polar surface area (TPSA) is 89.7 Å². The summed E-state index contributed by atoms with van der Waals surface area (Å²) in [6, 6.07) is 8.65. The fourth-order valence-electron chi connectivity index (χ4n) is 5.09. The summed E-state index contributed by atoms with van der Waals surface area (Å²) in [4.78, 5) is 20.7. The number of alkyl halides is 3. The van der Waals surface area contributed by atoms with Gasteiger partial charge in [-0.25, -0.2) is 4.98 Å². The van der Waals surface area contributed by atoms with E-state index in [-0.39, 0.29) is 23.8 Å². The first-order valence-electron chi connectivity index (χ1n) is 11.0. The van der Waals surface area contributed by atoms with E-state index in [1.54, 1.807) is 23.1 Å². The summed E-state index contributed by atoms with van der Waals surface area (Å²) in [7, 11) is 1.49. The number of benzene rings is 1. The lowest BCUT2D eigenvalue weighted by molar-refractivity contribution is -0.137. The maximum Gasteiger partial charge on any atom is 0.417 e. The van der Waals surface area contributed by atoms with E-state index in [0.717, 1.165) is 6.07 Å². The SMILES string of the molecule is COc1ccc(C(=O)N2CC(CO)C3(CCN(c4ccc(C#N)c(C(F)(F)F)c4)CC3)C2)cn1. The Morgan fingerprint density at radius 3 is 2.59 bits per heavy atom. The highest BCUT2D eigenvalue weighted by Gasteiger charge is 2.49. The van der Waals surface area contributed by atoms with Crippen LogP contribution >= 0.6 is 0 Å². The van der Waals surface area contributed by atoms with Crippen molar-refractivity contribution < 1.29 is 27.8 Å². The van der Waals surface area contributed by atoms with E-state index in [9.17, 15) is 23.1 Å². The van der Waals surface area contributed by atoms with Gasteiger partial charge in [0.05, 0.1) is 29.9 Å². The third-order valence-electron chi connectivity index (χ3n) is 7.07. The molecule has 0 aliphatic carbocycles. The van der Waals surface area contributed by atoms with E-state index in [2.05, 4.69) is 4.98 Å². The number of likely N-dealkylation sites (tertiary alicyclic amines) is 1. The number of piperidine rings is 1. The number of aromatic nitrogens is 1. The second-order valence-electron chi connectivity index (χ2n) is 8.84. The van der Waals surface area contributed by atoms with Crippen LogP contribution in [0.2, 0.25) is 0 Å². The van der Waals surface area contributed by atoms with Gasteiger partial charge in [0, 0.05) is 56.7 Å². The molecule has 1 aromatic heterocycles. The Morgan fingerprint density at radius 2 is 2.03 bits per heavy atom. The summed E-state index contributed by atoms with van der Waals surface area (Å²) in [6.07, 6.45) is -1.89. The van der Waals surface area contributed by atoms with Gasteiger partial charge in [-0.2, -0.15) is 18.4 Å². The molecule has 0 bridgehead atoms. The summed E-state index contributed by atoms with van der Waals surface area (Å²) in [5.41, 5.74) is -0.795. The number of anilines is 1. The van der Waals surface area contributed by atoms with Crippen LogP contribution < -0.4 is 9.64 Å². The van der Waals surface area contributed by atoms with Crippen molar-refractivity contribution >= 4 is 11.6 Å². The van der Waals surface area contributed by atoms with Gasteiger partial charge in [-0.15, -0.1) is 0 Å². The molecule has 2 aromatic rings. The molecule has 180 valence electrons. The molecule has 1 amide bonds. The van der Waals surface area contributed by atoms with Gasteiger partial charge in [0.15, 0.2) is 0 Å². The van der Waals surface area contributed by atoms with Gasteiger partial charge in [-0.3, -0.25) is 4.79 Å². The van der Waals surface area contributed by atoms with Gasteiger partial charge in [0.2, 0.25) is 5.88 Å². The van der Waals surface area contributed by atoms with Gasteiger partial charge in [0.1, 0.15) is 0 Å². The molecule has 1 aromatic carbocycles. The fraction of sp³-hybridized carbons (Fsp3) is 0.458. The highest BCUT2D eigenvalue weighted by Crippen LogP contribution is 2.46. The number of rotatable bonds is 4. The number of hydrogen-bond acceptors (Lipinski definition) is 6. The lowest BCUT2D eigenvalue weighted by atomic mass is 9.71. The first kappa shape index (κ1) is 23.8. The van der Waals surface area contributed by atoms with Crippen LogP contribution in [0.4, 0.5) is 18.9 Å². The van der Waals surface area contributed by atoms with Gasteiger partial charge in [-0.05, 0) is 42.5 Å². The molecule has 0 radical (unpaired) electrons. The maximum atomic E-state index is 13.4. The molecule has 3 heterocycles. The lowest BCUT2D eigenvalue weighted by Gasteiger charge is -2.43. The van der Waals surface area contributed by atoms with Crippen LogP contribution in [0.5, 0.6) is 5.88 Å². The molecular formula is C24H25F3N4O3. The number of aliphatic hydroxyl groups excluding tert-OH is 1. The Morgan fingerprint density at radius 1 is 1.29 bits per heavy atom. The van der Waals surface area contributed by atoms with Gasteiger partial charge >= 0.3 is 6.18 Å². The zero-order valence-corrected chi connectivity index (χ0v) is 18.7. The van der Waals surface area contributed by atoms with E-state index < -0.39 is 17.3 Å². The molecular weight excluding hydrogens is 449 g/mol. The zero-order chi connectivity index (χ0) is 24.5. The third-order valence-corrected chi connectivity index (χ3v) is 7.07. The largest absolute Gasteiger partial charge is 0.481 e. The van der Waals surface area contributed by atoms with Crippen molar-refractivity contribution in [3.63, 3.8) is 0 Å². The predicted octanol–water partition coefficient (Wildman–Crippen LogP) is 3.33. The Balaban J connectivity index is 1.48. The highest BCUT2D eigenvalue weighted by molar-refractivity contribution is 5.94. The van der Waals surface area contributed by atoms with Crippen molar-refractivity contribution in [2.75, 3.05) is 44.8 Å². The number of pyridine rings is 1. The minimum Gasteiger partial charge on any atom is -0.481 e. The standard InChI is InChI=1S/C24H25F3N4O3/c1-34-21-5-3-17(12-29-21)22(33)31-13-18(14-32)23(15-31)6-8-30(9-7-23)19-4-2-16(11-28)20(10-19)24(25,26)27/h2-5,10,12,18,32H,6-9,13-15H2,1H3. The van der Waals surface area contributed by atoms with E-state index in [4.69, 9.17) is 10.00 Å². The normalized spacial score (nSPS) is 19.8. The molecule has 10 heteroatoms. The van der Waals surface area contributed by atoms with Crippen molar-refractivity contribution in [2.45, 2.75) is 19.0 Å². The number of carbonyl (C=O) groups is 1. The first-order chi connectivity index (χ1) is 16.2. The Bertz CT molecular complexity index is 1090. The second-order valence-corrected chi connectivity index (χ2v) is 8.84. The molecule has 1 spiro atoms. The number of nitrogens with zero attached hydrogens (tertiary/aromatic N) is 4. The van der Waals surface area contributed by atoms with E-state index in [1.807, 2.05) is 4.90 Å². The molecule has 4 rings (SSSR count). The third kappa shape index (κ3) is 4.40. The Labute approximate surface area is 195 Å². The first-order valence-corrected chi connectivity index (χ1v) is 11.0. The predicted molar refractivity (Wildman–Crippen MR) is 117 cm³/mol. The molecule has 0 saturated carbocycles. The van der Waals surface area contributed by atoms with Crippen molar-refractivity contribution in [2.24, 2.45) is 11.3 Å². The highest BCUT2D eigenvalue weighted by atomic mass is 19.4. The van der Waals surface area contributed by atoms with Crippen molar-refractivity contribution in [3.05, 3.63) is 53.2 Å². The lowest BCUT2D eigenvalue weighted by Crippen LogP contribution is -2.45. The van der Waals surface area contributed by atoms with Crippen LogP contribution in [-0.4, -0.2) is 60.8 Å². The van der Waals surface area contributed by atoms with Gasteiger partial charge < -0.3 is 19.6 Å². The number of carbonyl (C=O) groups excluding carboxylic acids is 1. The Hall–Kier alpha value is -3.32. The van der Waals surface area contributed by atoms with Crippen LogP contribution in [-0.2, 0) is 6.18 Å². The minimum atomic E-state index is -4.61. The van der Waals surface area contributed by atoms with E-state index >= 15 is 0 Å². The summed E-state index contributed by atoms with van der Waals surface area (Å²) in [5, 5.41) is 19.1. The minimum absolute atomic E-state index is 0.0697. The molecule has 34 heavy (non-hydrogen) atoms. The smallest absolute Gasteiger partial charge is 0.417 e. The quantitative estimate of drug-likeness (QED) is 0.731. The van der Waals surface area contributed by atoms with Gasteiger partial charge in [0.25, 0.3) is 5.91 Å². The van der Waals surface area contributed by atoms with Crippen molar-refractivity contribution in [1.82, 2.24) is 9.88 Å². The molecule has 1 unspecified atom stereocenters. The zero-order valence-electron chi connectivity index (χ0n) is 18.7. The molecule has 2 saturated heterocycles. The number of ether oxygens (including phenoxy) is 1. The molecule has 2 aliphatic heterocycles. The summed E-state index contributed by atoms with van der Waals surface area (Å²) < 4.78 is 45.2. The average Bonchev–Trinajstić information content (AvgIpc) is 3.21. The second kappa shape index (κ2) is 9.14. The van der Waals surface area contributed by atoms with Crippen LogP contribution in [0.3, 0.4) is 0 Å². The summed E-state index contributed by atoms with van der Waals surface area (Å²) >= 11 is 0. The van der Waals surface area contributed by atoms with Crippen LogP contribution in [0, 0.1) is 22.7 Å².